The van der Waals surface area contributed by atoms with Crippen molar-refractivity contribution in [2.45, 2.75) is 19.9 Å². The van der Waals surface area contributed by atoms with E-state index in [0.717, 1.165) is 31.7 Å². The smallest absolute Gasteiger partial charge is 0.179 e. The molecular weight excluding hydrogens is 314 g/mol. The summed E-state index contributed by atoms with van der Waals surface area (Å²) in [5.41, 5.74) is 7.16. The summed E-state index contributed by atoms with van der Waals surface area (Å²) in [7, 11) is 2.15. The lowest BCUT2D eigenvalue weighted by atomic mass is 10.0. The zero-order chi connectivity index (χ0) is 16.8. The molecule has 0 bridgehead atoms. The van der Waals surface area contributed by atoms with Gasteiger partial charge in [0.2, 0.25) is 0 Å². The van der Waals surface area contributed by atoms with Crippen molar-refractivity contribution in [2.24, 2.45) is 5.73 Å². The van der Waals surface area contributed by atoms with Gasteiger partial charge in [0.05, 0.1) is 18.2 Å². The van der Waals surface area contributed by atoms with Crippen molar-refractivity contribution in [1.29, 1.82) is 0 Å². The van der Waals surface area contributed by atoms with E-state index in [9.17, 15) is 0 Å². The fourth-order valence-electron chi connectivity index (χ4n) is 2.96. The van der Waals surface area contributed by atoms with Gasteiger partial charge in [0.15, 0.2) is 11.5 Å². The average molecular weight is 342 g/mol. The Morgan fingerprint density at radius 1 is 1.13 bits per heavy atom. The first-order valence-electron chi connectivity index (χ1n) is 8.32. The highest BCUT2D eigenvalue weighted by atomic mass is 35.5. The van der Waals surface area contributed by atoms with E-state index in [1.165, 1.54) is 0 Å². The molecule has 0 aliphatic carbocycles. The Morgan fingerprint density at radius 3 is 2.35 bits per heavy atom. The van der Waals surface area contributed by atoms with Crippen LogP contribution in [0.25, 0.3) is 0 Å². The van der Waals surface area contributed by atoms with Crippen molar-refractivity contribution in [3.05, 3.63) is 22.7 Å². The molecule has 1 unspecified atom stereocenters. The molecule has 130 valence electrons. The SMILES string of the molecule is CCOc1cc(C(CN)N2CCN(C)CC2)cc(Cl)c1OCC. The number of hydrogen-bond acceptors (Lipinski definition) is 5. The number of piperazine rings is 1. The molecular formula is C17H28ClN3O2. The van der Waals surface area contributed by atoms with Crippen LogP contribution in [0.1, 0.15) is 25.5 Å². The standard InChI is InChI=1S/C17H28ClN3O2/c1-4-22-16-11-13(10-14(18)17(16)23-5-2)15(12-19)21-8-6-20(3)7-9-21/h10-11,15H,4-9,12,19H2,1-3H3. The monoisotopic (exact) mass is 341 g/mol. The van der Waals surface area contributed by atoms with Crippen LogP contribution in [0.5, 0.6) is 11.5 Å². The van der Waals surface area contributed by atoms with Gasteiger partial charge < -0.3 is 20.1 Å². The molecule has 1 aliphatic rings. The van der Waals surface area contributed by atoms with E-state index in [2.05, 4.69) is 16.8 Å². The molecule has 1 aromatic carbocycles. The highest BCUT2D eigenvalue weighted by Gasteiger charge is 2.25. The molecule has 1 atom stereocenters. The van der Waals surface area contributed by atoms with E-state index in [4.69, 9.17) is 26.8 Å². The van der Waals surface area contributed by atoms with Crippen molar-refractivity contribution < 1.29 is 9.47 Å². The van der Waals surface area contributed by atoms with Crippen LogP contribution < -0.4 is 15.2 Å². The fourth-order valence-corrected chi connectivity index (χ4v) is 3.23. The maximum Gasteiger partial charge on any atom is 0.179 e. The number of halogens is 1. The van der Waals surface area contributed by atoms with Crippen LogP contribution in [0.15, 0.2) is 12.1 Å². The summed E-state index contributed by atoms with van der Waals surface area (Å²) < 4.78 is 11.4. The molecule has 0 aromatic heterocycles. The fraction of sp³-hybridized carbons (Fsp3) is 0.647. The maximum absolute atomic E-state index is 6.44. The van der Waals surface area contributed by atoms with Crippen LogP contribution >= 0.6 is 11.6 Å². The summed E-state index contributed by atoms with van der Waals surface area (Å²) in [5, 5.41) is 0.584. The van der Waals surface area contributed by atoms with E-state index in [1.54, 1.807) is 0 Å². The van der Waals surface area contributed by atoms with Gasteiger partial charge in [-0.3, -0.25) is 4.90 Å². The van der Waals surface area contributed by atoms with Crippen molar-refractivity contribution in [3.8, 4) is 11.5 Å². The second-order valence-corrected chi connectivity index (χ2v) is 6.19. The van der Waals surface area contributed by atoms with E-state index in [-0.39, 0.29) is 6.04 Å². The van der Waals surface area contributed by atoms with Crippen LogP contribution in [0.2, 0.25) is 5.02 Å². The zero-order valence-corrected chi connectivity index (χ0v) is 15.1. The third kappa shape index (κ3) is 4.51. The van der Waals surface area contributed by atoms with Gasteiger partial charge in [-0.2, -0.15) is 0 Å². The highest BCUT2D eigenvalue weighted by molar-refractivity contribution is 6.32. The third-order valence-electron chi connectivity index (χ3n) is 4.21. The molecule has 5 nitrogen and oxygen atoms in total. The minimum absolute atomic E-state index is 0.149. The lowest BCUT2D eigenvalue weighted by molar-refractivity contribution is 0.114. The molecule has 1 heterocycles. The van der Waals surface area contributed by atoms with Crippen LogP contribution in [0.3, 0.4) is 0 Å². The summed E-state index contributed by atoms with van der Waals surface area (Å²) in [6, 6.07) is 4.14. The average Bonchev–Trinajstić information content (AvgIpc) is 2.53. The first-order chi connectivity index (χ1) is 11.1. The van der Waals surface area contributed by atoms with Gasteiger partial charge in [0, 0.05) is 38.8 Å². The zero-order valence-electron chi connectivity index (χ0n) is 14.3. The Bertz CT molecular complexity index is 505. The van der Waals surface area contributed by atoms with Crippen molar-refractivity contribution in [3.63, 3.8) is 0 Å². The van der Waals surface area contributed by atoms with Crippen LogP contribution in [-0.2, 0) is 0 Å². The predicted molar refractivity (Wildman–Crippen MR) is 94.7 cm³/mol. The normalized spacial score (nSPS) is 18.0. The first-order valence-corrected chi connectivity index (χ1v) is 8.70. The lowest BCUT2D eigenvalue weighted by Gasteiger charge is -2.38. The second-order valence-electron chi connectivity index (χ2n) is 5.79. The Kier molecular flexibility index (Phi) is 6.96. The van der Waals surface area contributed by atoms with Crippen LogP contribution in [0.4, 0.5) is 0 Å². The predicted octanol–water partition coefficient (Wildman–Crippen LogP) is 2.38. The topological polar surface area (TPSA) is 51.0 Å². The molecule has 0 spiro atoms. The summed E-state index contributed by atoms with van der Waals surface area (Å²) in [5.74, 6) is 1.32. The Morgan fingerprint density at radius 2 is 1.78 bits per heavy atom. The molecule has 2 rings (SSSR count). The quantitative estimate of drug-likeness (QED) is 0.825. The van der Waals surface area contributed by atoms with Gasteiger partial charge >= 0.3 is 0 Å². The summed E-state index contributed by atoms with van der Waals surface area (Å²) in [6.07, 6.45) is 0. The Labute approximate surface area is 144 Å². The molecule has 0 saturated carbocycles. The van der Waals surface area contributed by atoms with Crippen molar-refractivity contribution >= 4 is 11.6 Å². The van der Waals surface area contributed by atoms with E-state index >= 15 is 0 Å². The molecule has 0 radical (unpaired) electrons. The van der Waals surface area contributed by atoms with Gasteiger partial charge in [0.25, 0.3) is 0 Å². The number of benzene rings is 1. The molecule has 6 heteroatoms. The van der Waals surface area contributed by atoms with Gasteiger partial charge in [-0.25, -0.2) is 0 Å². The molecule has 1 fully saturated rings. The molecule has 1 aliphatic heterocycles. The number of nitrogens with zero attached hydrogens (tertiary/aromatic N) is 2. The Hall–Kier alpha value is -1.01. The third-order valence-corrected chi connectivity index (χ3v) is 4.49. The first kappa shape index (κ1) is 18.3. The van der Waals surface area contributed by atoms with Gasteiger partial charge in [-0.05, 0) is 38.6 Å². The van der Waals surface area contributed by atoms with Gasteiger partial charge in [0.1, 0.15) is 0 Å². The van der Waals surface area contributed by atoms with Gasteiger partial charge in [-0.15, -0.1) is 0 Å². The number of hydrogen-bond donors (Lipinski definition) is 1. The largest absolute Gasteiger partial charge is 0.490 e. The lowest BCUT2D eigenvalue weighted by Crippen LogP contribution is -2.47. The highest BCUT2D eigenvalue weighted by Crippen LogP contribution is 2.39. The Balaban J connectivity index is 2.29. The van der Waals surface area contributed by atoms with Crippen molar-refractivity contribution in [2.75, 3.05) is 53.0 Å². The van der Waals surface area contributed by atoms with E-state index < -0.39 is 0 Å². The number of rotatable bonds is 7. The number of nitrogens with two attached hydrogens (primary N) is 1. The minimum Gasteiger partial charge on any atom is -0.490 e. The molecule has 1 saturated heterocycles. The second kappa shape index (κ2) is 8.73. The van der Waals surface area contributed by atoms with Crippen LogP contribution in [0, 0.1) is 0 Å². The molecule has 1 aromatic rings. The molecule has 2 N–H and O–H groups in total. The van der Waals surface area contributed by atoms with Gasteiger partial charge in [-0.1, -0.05) is 11.6 Å². The summed E-state index contributed by atoms with van der Waals surface area (Å²) in [4.78, 5) is 4.75. The van der Waals surface area contributed by atoms with Crippen molar-refractivity contribution in [1.82, 2.24) is 9.80 Å². The summed E-state index contributed by atoms with van der Waals surface area (Å²) >= 11 is 6.44. The molecule has 23 heavy (non-hydrogen) atoms. The molecule has 0 amide bonds. The van der Waals surface area contributed by atoms with Crippen LogP contribution in [-0.4, -0.2) is 62.8 Å². The number of likely N-dealkylation sites (N-methyl/N-ethyl adjacent to an activating group) is 1. The number of ether oxygens (including phenoxy) is 2. The summed E-state index contributed by atoms with van der Waals surface area (Å²) in [6.45, 7) is 9.70. The minimum atomic E-state index is 0.149. The maximum atomic E-state index is 6.44. The van der Waals surface area contributed by atoms with E-state index in [0.29, 0.717) is 36.3 Å². The van der Waals surface area contributed by atoms with E-state index in [1.807, 2.05) is 26.0 Å².